The molecule has 2 rings (SSSR count). The van der Waals surface area contributed by atoms with E-state index in [0.717, 1.165) is 12.0 Å². The second kappa shape index (κ2) is 13.7. The summed E-state index contributed by atoms with van der Waals surface area (Å²) < 4.78 is 5.27. The van der Waals surface area contributed by atoms with E-state index in [1.54, 1.807) is 39.0 Å². The maximum absolute atomic E-state index is 13.7. The van der Waals surface area contributed by atoms with Gasteiger partial charge in [-0.3, -0.25) is 9.59 Å². The molecule has 0 spiro atoms. The summed E-state index contributed by atoms with van der Waals surface area (Å²) in [5, 5.41) is 16.1. The zero-order valence-corrected chi connectivity index (χ0v) is 22.8. The Morgan fingerprint density at radius 1 is 0.919 bits per heavy atom. The first-order chi connectivity index (χ1) is 17.4. The Balaban J connectivity index is 2.39. The molecule has 8 nitrogen and oxygen atoms in total. The first-order valence-electron chi connectivity index (χ1n) is 12.8. The topological polar surface area (TPSA) is 108 Å². The van der Waals surface area contributed by atoms with Gasteiger partial charge in [0.2, 0.25) is 11.8 Å². The molecule has 0 saturated carbocycles. The van der Waals surface area contributed by atoms with Crippen LogP contribution >= 0.6 is 0 Å². The summed E-state index contributed by atoms with van der Waals surface area (Å²) in [5.74, 6) is -0.566. The van der Waals surface area contributed by atoms with Crippen molar-refractivity contribution in [2.75, 3.05) is 6.54 Å². The second-order valence-electron chi connectivity index (χ2n) is 10.6. The van der Waals surface area contributed by atoms with Crippen molar-refractivity contribution in [2.45, 2.75) is 78.6 Å². The van der Waals surface area contributed by atoms with E-state index in [0.29, 0.717) is 17.9 Å². The molecule has 0 bridgehead atoms. The van der Waals surface area contributed by atoms with E-state index >= 15 is 0 Å². The monoisotopic (exact) mass is 511 g/mol. The lowest BCUT2D eigenvalue weighted by Crippen LogP contribution is -2.51. The van der Waals surface area contributed by atoms with Crippen LogP contribution in [0.25, 0.3) is 0 Å². The van der Waals surface area contributed by atoms with Gasteiger partial charge in [0, 0.05) is 18.2 Å². The smallest absolute Gasteiger partial charge is 0.408 e. The summed E-state index contributed by atoms with van der Waals surface area (Å²) in [7, 11) is 0. The van der Waals surface area contributed by atoms with E-state index in [9.17, 15) is 19.5 Å². The molecule has 0 fully saturated rings. The highest BCUT2D eigenvalue weighted by Gasteiger charge is 2.36. The summed E-state index contributed by atoms with van der Waals surface area (Å²) >= 11 is 0. The highest BCUT2D eigenvalue weighted by molar-refractivity contribution is 5.91. The molecule has 0 aliphatic carbocycles. The fourth-order valence-electron chi connectivity index (χ4n) is 3.93. The standard InChI is InChI=1S/C29H41N3O5/c1-20(2)16-17-21(3)32(25(34)19-31-28(36)37-29(4,5)6)26(23-14-10-11-15-24(23)33)27(35)30-18-22-12-8-7-9-13-22/h7-15,20-21,26,33H,16-19H2,1-6H3,(H,30,35)(H,31,36). The molecule has 2 unspecified atom stereocenters. The molecule has 2 aromatic rings. The Bertz CT molecular complexity index is 1030. The molecule has 0 heterocycles. The van der Waals surface area contributed by atoms with Gasteiger partial charge in [-0.2, -0.15) is 0 Å². The van der Waals surface area contributed by atoms with E-state index in [4.69, 9.17) is 4.74 Å². The maximum Gasteiger partial charge on any atom is 0.408 e. The highest BCUT2D eigenvalue weighted by atomic mass is 16.6. The van der Waals surface area contributed by atoms with Crippen molar-refractivity contribution in [3.63, 3.8) is 0 Å². The van der Waals surface area contributed by atoms with Gasteiger partial charge in [0.05, 0.1) is 0 Å². The summed E-state index contributed by atoms with van der Waals surface area (Å²) in [6.07, 6.45) is 0.762. The summed E-state index contributed by atoms with van der Waals surface area (Å²) in [6.45, 7) is 11.2. The van der Waals surface area contributed by atoms with Crippen LogP contribution in [0.4, 0.5) is 4.79 Å². The molecule has 2 aromatic carbocycles. The average Bonchev–Trinajstić information content (AvgIpc) is 2.83. The number of carbonyl (C=O) groups is 3. The normalized spacial score (nSPS) is 12.9. The minimum Gasteiger partial charge on any atom is -0.508 e. The summed E-state index contributed by atoms with van der Waals surface area (Å²) in [5.41, 5.74) is 0.506. The molecular formula is C29H41N3O5. The molecule has 3 amide bonds. The highest BCUT2D eigenvalue weighted by Crippen LogP contribution is 2.32. The fraction of sp³-hybridized carbons (Fsp3) is 0.483. The minimum absolute atomic E-state index is 0.0867. The zero-order valence-electron chi connectivity index (χ0n) is 22.8. The molecular weight excluding hydrogens is 470 g/mol. The molecule has 2 atom stereocenters. The number of nitrogens with zero attached hydrogens (tertiary/aromatic N) is 1. The third-order valence-corrected chi connectivity index (χ3v) is 5.77. The third kappa shape index (κ3) is 9.79. The largest absolute Gasteiger partial charge is 0.508 e. The zero-order chi connectivity index (χ0) is 27.6. The molecule has 0 aromatic heterocycles. The lowest BCUT2D eigenvalue weighted by molar-refractivity contribution is -0.143. The summed E-state index contributed by atoms with van der Waals surface area (Å²) in [6, 6.07) is 14.5. The molecule has 0 aliphatic rings. The molecule has 8 heteroatoms. The molecule has 37 heavy (non-hydrogen) atoms. The molecule has 0 radical (unpaired) electrons. The lowest BCUT2D eigenvalue weighted by Gasteiger charge is -2.37. The fourth-order valence-corrected chi connectivity index (χ4v) is 3.93. The van der Waals surface area contributed by atoms with Gasteiger partial charge in [0.25, 0.3) is 0 Å². The van der Waals surface area contributed by atoms with E-state index in [2.05, 4.69) is 24.5 Å². The first kappa shape index (κ1) is 29.7. The average molecular weight is 512 g/mol. The first-order valence-corrected chi connectivity index (χ1v) is 12.8. The van der Waals surface area contributed by atoms with Crippen molar-refractivity contribution in [3.05, 3.63) is 65.7 Å². The minimum atomic E-state index is -1.10. The van der Waals surface area contributed by atoms with Crippen LogP contribution in [0, 0.1) is 5.92 Å². The van der Waals surface area contributed by atoms with Gasteiger partial charge >= 0.3 is 6.09 Å². The number of ether oxygens (including phenoxy) is 1. The Hall–Kier alpha value is -3.55. The predicted octanol–water partition coefficient (Wildman–Crippen LogP) is 4.93. The Morgan fingerprint density at radius 2 is 1.54 bits per heavy atom. The summed E-state index contributed by atoms with van der Waals surface area (Å²) in [4.78, 5) is 41.0. The van der Waals surface area contributed by atoms with E-state index in [1.807, 2.05) is 37.3 Å². The van der Waals surface area contributed by atoms with Crippen LogP contribution in [-0.2, 0) is 20.9 Å². The van der Waals surface area contributed by atoms with Crippen molar-refractivity contribution in [1.29, 1.82) is 0 Å². The van der Waals surface area contributed by atoms with Crippen LogP contribution in [0.5, 0.6) is 5.75 Å². The van der Waals surface area contributed by atoms with Crippen molar-refractivity contribution in [3.8, 4) is 5.75 Å². The van der Waals surface area contributed by atoms with E-state index in [-0.39, 0.29) is 24.9 Å². The van der Waals surface area contributed by atoms with Crippen molar-refractivity contribution in [1.82, 2.24) is 15.5 Å². The van der Waals surface area contributed by atoms with Crippen LogP contribution in [0.1, 0.15) is 71.6 Å². The maximum atomic E-state index is 13.7. The van der Waals surface area contributed by atoms with Crippen molar-refractivity contribution < 1.29 is 24.2 Å². The van der Waals surface area contributed by atoms with Crippen LogP contribution in [0.15, 0.2) is 54.6 Å². The lowest BCUT2D eigenvalue weighted by atomic mass is 9.97. The number of nitrogens with one attached hydrogen (secondary N) is 2. The molecule has 202 valence electrons. The van der Waals surface area contributed by atoms with E-state index < -0.39 is 29.6 Å². The van der Waals surface area contributed by atoms with Crippen LogP contribution < -0.4 is 10.6 Å². The van der Waals surface area contributed by atoms with Gasteiger partial charge in [0.15, 0.2) is 0 Å². The number of phenolic OH excluding ortho intramolecular Hbond substituents is 1. The van der Waals surface area contributed by atoms with Crippen LogP contribution in [-0.4, -0.2) is 46.1 Å². The van der Waals surface area contributed by atoms with E-state index in [1.165, 1.54) is 11.0 Å². The van der Waals surface area contributed by atoms with Gasteiger partial charge in [-0.25, -0.2) is 4.79 Å². The Labute approximate surface area is 220 Å². The molecule has 3 N–H and O–H groups in total. The second-order valence-corrected chi connectivity index (χ2v) is 10.6. The number of benzene rings is 2. The molecule has 0 aliphatic heterocycles. The molecule has 0 saturated heterocycles. The van der Waals surface area contributed by atoms with Crippen LogP contribution in [0.2, 0.25) is 0 Å². The third-order valence-electron chi connectivity index (χ3n) is 5.77. The number of alkyl carbamates (subject to hydrolysis) is 1. The number of phenols is 1. The number of rotatable bonds is 11. The quantitative estimate of drug-likeness (QED) is 0.397. The van der Waals surface area contributed by atoms with Gasteiger partial charge in [-0.15, -0.1) is 0 Å². The Kier molecular flexibility index (Phi) is 11.0. The predicted molar refractivity (Wildman–Crippen MR) is 144 cm³/mol. The van der Waals surface area contributed by atoms with Gasteiger partial charge in [-0.1, -0.05) is 62.4 Å². The van der Waals surface area contributed by atoms with Crippen LogP contribution in [0.3, 0.4) is 0 Å². The number of carbonyl (C=O) groups excluding carboxylic acids is 3. The number of hydrogen-bond acceptors (Lipinski definition) is 5. The van der Waals surface area contributed by atoms with Gasteiger partial charge in [-0.05, 0) is 58.1 Å². The number of para-hydroxylation sites is 1. The van der Waals surface area contributed by atoms with Crippen molar-refractivity contribution >= 4 is 17.9 Å². The Morgan fingerprint density at radius 3 is 2.14 bits per heavy atom. The SMILES string of the molecule is CC(C)CCC(C)N(C(=O)CNC(=O)OC(C)(C)C)C(C(=O)NCc1ccccc1)c1ccccc1O. The van der Waals surface area contributed by atoms with Gasteiger partial charge in [0.1, 0.15) is 23.9 Å². The van der Waals surface area contributed by atoms with Crippen molar-refractivity contribution in [2.24, 2.45) is 5.92 Å². The number of amides is 3. The number of aromatic hydroxyl groups is 1. The van der Waals surface area contributed by atoms with Gasteiger partial charge < -0.3 is 25.4 Å². The number of hydrogen-bond donors (Lipinski definition) is 3.